The smallest absolute Gasteiger partial charge is 0.191 e. The molecule has 1 aliphatic rings. The summed E-state index contributed by atoms with van der Waals surface area (Å²) in [7, 11) is 0. The van der Waals surface area contributed by atoms with Crippen LogP contribution in [0, 0.1) is 0 Å². The van der Waals surface area contributed by atoms with Gasteiger partial charge in [-0.15, -0.1) is 24.0 Å². The third kappa shape index (κ3) is 9.25. The molecular formula is C21H37IN4O. The van der Waals surface area contributed by atoms with Gasteiger partial charge in [0.2, 0.25) is 0 Å². The van der Waals surface area contributed by atoms with Gasteiger partial charge in [-0.1, -0.05) is 30.3 Å². The summed E-state index contributed by atoms with van der Waals surface area (Å²) in [6, 6.07) is 11.1. The summed E-state index contributed by atoms with van der Waals surface area (Å²) in [6.07, 6.45) is 3.86. The number of ether oxygens (including phenoxy) is 1. The third-order valence-corrected chi connectivity index (χ3v) is 4.60. The lowest BCUT2D eigenvalue weighted by Crippen LogP contribution is -2.39. The largest absolute Gasteiger partial charge is 0.379 e. The zero-order valence-electron chi connectivity index (χ0n) is 17.1. The van der Waals surface area contributed by atoms with Gasteiger partial charge >= 0.3 is 0 Å². The molecule has 154 valence electrons. The first-order valence-electron chi connectivity index (χ1n) is 10.1. The Labute approximate surface area is 182 Å². The Morgan fingerprint density at radius 1 is 1.15 bits per heavy atom. The van der Waals surface area contributed by atoms with Crippen molar-refractivity contribution in [2.75, 3.05) is 39.3 Å². The van der Waals surface area contributed by atoms with Gasteiger partial charge < -0.3 is 15.4 Å². The number of hydrogen-bond donors (Lipinski definition) is 2. The Kier molecular flexibility index (Phi) is 12.7. The Balaban J connectivity index is 0.00000364. The highest BCUT2D eigenvalue weighted by Gasteiger charge is 2.23. The van der Waals surface area contributed by atoms with E-state index in [9.17, 15) is 0 Å². The van der Waals surface area contributed by atoms with Crippen LogP contribution < -0.4 is 10.6 Å². The van der Waals surface area contributed by atoms with E-state index in [-0.39, 0.29) is 24.0 Å². The molecule has 1 fully saturated rings. The van der Waals surface area contributed by atoms with E-state index < -0.39 is 0 Å². The van der Waals surface area contributed by atoms with Gasteiger partial charge in [0.1, 0.15) is 0 Å². The molecule has 1 atom stereocenters. The fourth-order valence-electron chi connectivity index (χ4n) is 3.28. The number of hydrogen-bond acceptors (Lipinski definition) is 3. The molecule has 1 saturated heterocycles. The highest BCUT2D eigenvalue weighted by molar-refractivity contribution is 14.0. The molecule has 0 amide bonds. The van der Waals surface area contributed by atoms with Crippen molar-refractivity contribution in [3.8, 4) is 0 Å². The average molecular weight is 488 g/mol. The molecule has 5 nitrogen and oxygen atoms in total. The van der Waals surface area contributed by atoms with Crippen molar-refractivity contribution >= 4 is 29.9 Å². The Morgan fingerprint density at radius 2 is 1.85 bits per heavy atom. The van der Waals surface area contributed by atoms with Crippen molar-refractivity contribution in [1.82, 2.24) is 15.5 Å². The van der Waals surface area contributed by atoms with Crippen LogP contribution in [-0.2, 0) is 4.74 Å². The number of rotatable bonds is 10. The van der Waals surface area contributed by atoms with Gasteiger partial charge in [-0.05, 0) is 58.7 Å². The summed E-state index contributed by atoms with van der Waals surface area (Å²) < 4.78 is 5.60. The summed E-state index contributed by atoms with van der Waals surface area (Å²) in [4.78, 5) is 7.45. The lowest BCUT2D eigenvalue weighted by Gasteiger charge is -2.27. The van der Waals surface area contributed by atoms with Gasteiger partial charge in [0.25, 0.3) is 0 Å². The first-order valence-corrected chi connectivity index (χ1v) is 10.1. The zero-order valence-corrected chi connectivity index (χ0v) is 19.4. The monoisotopic (exact) mass is 488 g/mol. The fourth-order valence-corrected chi connectivity index (χ4v) is 3.28. The van der Waals surface area contributed by atoms with E-state index in [4.69, 9.17) is 9.73 Å². The summed E-state index contributed by atoms with van der Waals surface area (Å²) in [5, 5.41) is 6.79. The maximum absolute atomic E-state index is 5.60. The van der Waals surface area contributed by atoms with Crippen LogP contribution in [0.15, 0.2) is 35.3 Å². The predicted octanol–water partition coefficient (Wildman–Crippen LogP) is 3.81. The summed E-state index contributed by atoms with van der Waals surface area (Å²) in [5.41, 5.74) is 1.36. The number of nitrogens with zero attached hydrogens (tertiary/aromatic N) is 2. The van der Waals surface area contributed by atoms with Gasteiger partial charge in [0.15, 0.2) is 5.96 Å². The highest BCUT2D eigenvalue weighted by Crippen LogP contribution is 2.25. The van der Waals surface area contributed by atoms with Gasteiger partial charge in [-0.25, -0.2) is 0 Å². The van der Waals surface area contributed by atoms with Gasteiger partial charge in [-0.2, -0.15) is 0 Å². The highest BCUT2D eigenvalue weighted by atomic mass is 127. The first-order chi connectivity index (χ1) is 12.7. The van der Waals surface area contributed by atoms with Crippen LogP contribution in [0.3, 0.4) is 0 Å². The molecule has 0 bridgehead atoms. The first kappa shape index (κ1) is 24.2. The quantitative estimate of drug-likeness (QED) is 0.228. The van der Waals surface area contributed by atoms with E-state index in [0.29, 0.717) is 12.1 Å². The van der Waals surface area contributed by atoms with Gasteiger partial charge in [0.05, 0.1) is 18.7 Å². The van der Waals surface area contributed by atoms with Crippen molar-refractivity contribution in [1.29, 1.82) is 0 Å². The van der Waals surface area contributed by atoms with E-state index in [0.717, 1.165) is 38.6 Å². The molecular weight excluding hydrogens is 451 g/mol. The van der Waals surface area contributed by atoms with Crippen LogP contribution in [-0.4, -0.2) is 56.3 Å². The number of benzene rings is 1. The molecule has 0 radical (unpaired) electrons. The van der Waals surface area contributed by atoms with E-state index in [2.05, 4.69) is 66.6 Å². The number of likely N-dealkylation sites (tertiary alicyclic amines) is 1. The second-order valence-corrected chi connectivity index (χ2v) is 7.09. The molecule has 0 aliphatic carbocycles. The molecule has 6 heteroatoms. The molecule has 27 heavy (non-hydrogen) atoms. The molecule has 1 aromatic carbocycles. The van der Waals surface area contributed by atoms with Crippen LogP contribution in [0.4, 0.5) is 0 Å². The van der Waals surface area contributed by atoms with Crippen molar-refractivity contribution in [3.05, 3.63) is 35.9 Å². The minimum absolute atomic E-state index is 0. The maximum Gasteiger partial charge on any atom is 0.191 e. The van der Waals surface area contributed by atoms with Crippen molar-refractivity contribution < 1.29 is 4.74 Å². The van der Waals surface area contributed by atoms with Crippen LogP contribution >= 0.6 is 24.0 Å². The zero-order chi connectivity index (χ0) is 18.6. The molecule has 0 spiro atoms. The van der Waals surface area contributed by atoms with E-state index in [1.54, 1.807) is 0 Å². The second-order valence-electron chi connectivity index (χ2n) is 7.09. The standard InChI is InChI=1S/C21H36N4O.HI/c1-4-22-21(23-13-10-16-26-18(2)3)24-17-20(25-14-8-9-15-25)19-11-6-5-7-12-19;/h5-7,11-12,18,20H,4,8-10,13-17H2,1-3H3,(H2,22,23,24);1H. The van der Waals surface area contributed by atoms with E-state index >= 15 is 0 Å². The maximum atomic E-state index is 5.60. The molecule has 0 aromatic heterocycles. The molecule has 1 heterocycles. The van der Waals surface area contributed by atoms with Gasteiger partial charge in [-0.3, -0.25) is 9.89 Å². The summed E-state index contributed by atoms with van der Waals surface area (Å²) in [5.74, 6) is 0.900. The van der Waals surface area contributed by atoms with Crippen LogP contribution in [0.1, 0.15) is 51.6 Å². The average Bonchev–Trinajstić information content (AvgIpc) is 3.16. The molecule has 2 N–H and O–H groups in total. The minimum atomic E-state index is 0. The molecule has 0 saturated carbocycles. The van der Waals surface area contributed by atoms with Gasteiger partial charge in [0, 0.05) is 19.7 Å². The van der Waals surface area contributed by atoms with E-state index in [1.165, 1.54) is 31.5 Å². The summed E-state index contributed by atoms with van der Waals surface area (Å²) >= 11 is 0. The normalized spacial score (nSPS) is 16.2. The Bertz CT molecular complexity index is 518. The summed E-state index contributed by atoms with van der Waals surface area (Å²) in [6.45, 7) is 11.9. The second kappa shape index (κ2) is 14.2. The van der Waals surface area contributed by atoms with Crippen LogP contribution in [0.25, 0.3) is 0 Å². The topological polar surface area (TPSA) is 48.9 Å². The Morgan fingerprint density at radius 3 is 2.48 bits per heavy atom. The van der Waals surface area contributed by atoms with Crippen molar-refractivity contribution in [2.45, 2.75) is 52.2 Å². The van der Waals surface area contributed by atoms with Crippen molar-refractivity contribution in [3.63, 3.8) is 0 Å². The number of aliphatic imine (C=N–C) groups is 1. The van der Waals surface area contributed by atoms with Crippen molar-refractivity contribution in [2.24, 2.45) is 4.99 Å². The van der Waals surface area contributed by atoms with Crippen LogP contribution in [0.5, 0.6) is 0 Å². The lowest BCUT2D eigenvalue weighted by atomic mass is 10.1. The molecule has 1 aliphatic heterocycles. The molecule has 2 rings (SSSR count). The fraction of sp³-hybridized carbons (Fsp3) is 0.667. The number of halogens is 1. The SMILES string of the molecule is CCNC(=NCC(c1ccccc1)N1CCCC1)NCCCOC(C)C.I. The predicted molar refractivity (Wildman–Crippen MR) is 125 cm³/mol. The van der Waals surface area contributed by atoms with Crippen LogP contribution in [0.2, 0.25) is 0 Å². The minimum Gasteiger partial charge on any atom is -0.379 e. The third-order valence-electron chi connectivity index (χ3n) is 4.60. The molecule has 1 unspecified atom stereocenters. The number of guanidine groups is 1. The van der Waals surface area contributed by atoms with E-state index in [1.807, 2.05) is 0 Å². The molecule has 1 aromatic rings. The lowest BCUT2D eigenvalue weighted by molar-refractivity contribution is 0.0776. The Hall–Kier alpha value is -0.860. The number of nitrogens with one attached hydrogen (secondary N) is 2.